The Morgan fingerprint density at radius 1 is 1.10 bits per heavy atom. The molecule has 0 heterocycles. The lowest BCUT2D eigenvalue weighted by Gasteiger charge is -2.21. The molecule has 0 fully saturated rings. The van der Waals surface area contributed by atoms with E-state index in [9.17, 15) is 0 Å². The zero-order valence-electron chi connectivity index (χ0n) is 11.9. The first-order valence-corrected chi connectivity index (χ1v) is 7.65. The summed E-state index contributed by atoms with van der Waals surface area (Å²) in [4.78, 5) is 0. The SMILES string of the molecule is CCNC(Cc1ccccc1Br)c1ccccc1OC. The molecule has 0 saturated heterocycles. The lowest BCUT2D eigenvalue weighted by Crippen LogP contribution is -2.23. The van der Waals surface area contributed by atoms with Crippen molar-refractivity contribution in [3.8, 4) is 5.75 Å². The summed E-state index contributed by atoms with van der Waals surface area (Å²) in [6.07, 6.45) is 0.926. The van der Waals surface area contributed by atoms with Gasteiger partial charge in [0.1, 0.15) is 5.75 Å². The summed E-state index contributed by atoms with van der Waals surface area (Å²) >= 11 is 3.62. The zero-order valence-corrected chi connectivity index (χ0v) is 13.5. The van der Waals surface area contributed by atoms with Crippen LogP contribution >= 0.6 is 15.9 Å². The molecular weight excluding hydrogens is 314 g/mol. The Labute approximate surface area is 129 Å². The fraction of sp³-hybridized carbons (Fsp3) is 0.294. The van der Waals surface area contributed by atoms with Crippen LogP contribution in [0.1, 0.15) is 24.1 Å². The minimum Gasteiger partial charge on any atom is -0.496 e. The van der Waals surface area contributed by atoms with E-state index in [4.69, 9.17) is 4.74 Å². The molecule has 0 saturated carbocycles. The van der Waals surface area contributed by atoms with Gasteiger partial charge in [-0.05, 0) is 30.7 Å². The number of para-hydroxylation sites is 1. The fourth-order valence-electron chi connectivity index (χ4n) is 2.38. The van der Waals surface area contributed by atoms with E-state index in [1.807, 2.05) is 18.2 Å². The van der Waals surface area contributed by atoms with Crippen molar-refractivity contribution in [3.05, 3.63) is 64.1 Å². The second kappa shape index (κ2) is 7.46. The van der Waals surface area contributed by atoms with Crippen molar-refractivity contribution in [1.82, 2.24) is 5.32 Å². The first-order chi connectivity index (χ1) is 9.76. The third kappa shape index (κ3) is 3.62. The lowest BCUT2D eigenvalue weighted by molar-refractivity contribution is 0.399. The molecule has 0 aliphatic carbocycles. The van der Waals surface area contributed by atoms with E-state index < -0.39 is 0 Å². The smallest absolute Gasteiger partial charge is 0.123 e. The first-order valence-electron chi connectivity index (χ1n) is 6.86. The number of halogens is 1. The van der Waals surface area contributed by atoms with Gasteiger partial charge >= 0.3 is 0 Å². The molecule has 1 unspecified atom stereocenters. The van der Waals surface area contributed by atoms with Crippen LogP contribution in [0.4, 0.5) is 0 Å². The van der Waals surface area contributed by atoms with Gasteiger partial charge in [-0.3, -0.25) is 0 Å². The monoisotopic (exact) mass is 333 g/mol. The van der Waals surface area contributed by atoms with Crippen molar-refractivity contribution in [2.24, 2.45) is 0 Å². The van der Waals surface area contributed by atoms with Crippen molar-refractivity contribution < 1.29 is 4.74 Å². The van der Waals surface area contributed by atoms with Crippen LogP contribution in [0, 0.1) is 0 Å². The van der Waals surface area contributed by atoms with Gasteiger partial charge in [-0.25, -0.2) is 0 Å². The zero-order chi connectivity index (χ0) is 14.4. The number of likely N-dealkylation sites (N-methyl/N-ethyl adjacent to an activating group) is 1. The van der Waals surface area contributed by atoms with E-state index in [1.165, 1.54) is 11.1 Å². The van der Waals surface area contributed by atoms with Crippen LogP contribution in [0.2, 0.25) is 0 Å². The Kier molecular flexibility index (Phi) is 5.62. The molecule has 0 aliphatic heterocycles. The highest BCUT2D eigenvalue weighted by Crippen LogP contribution is 2.29. The van der Waals surface area contributed by atoms with Gasteiger partial charge in [0.2, 0.25) is 0 Å². The molecular formula is C17H20BrNO. The number of nitrogens with one attached hydrogen (secondary N) is 1. The molecule has 0 amide bonds. The van der Waals surface area contributed by atoms with Gasteiger partial charge in [0.25, 0.3) is 0 Å². The third-order valence-electron chi connectivity index (χ3n) is 3.35. The molecule has 0 bridgehead atoms. The number of methoxy groups -OCH3 is 1. The number of benzene rings is 2. The maximum Gasteiger partial charge on any atom is 0.123 e. The normalized spacial score (nSPS) is 12.2. The average molecular weight is 334 g/mol. The van der Waals surface area contributed by atoms with Gasteiger partial charge in [0.15, 0.2) is 0 Å². The number of ether oxygens (including phenoxy) is 1. The van der Waals surface area contributed by atoms with Gasteiger partial charge in [-0.2, -0.15) is 0 Å². The van der Waals surface area contributed by atoms with Crippen LogP contribution in [0.5, 0.6) is 5.75 Å². The quantitative estimate of drug-likeness (QED) is 0.848. The van der Waals surface area contributed by atoms with E-state index >= 15 is 0 Å². The predicted octanol–water partition coefficient (Wildman–Crippen LogP) is 4.35. The summed E-state index contributed by atoms with van der Waals surface area (Å²) in [5, 5.41) is 3.55. The molecule has 2 nitrogen and oxygen atoms in total. The standard InChI is InChI=1S/C17H20BrNO/c1-3-19-16(12-13-8-4-6-10-15(13)18)14-9-5-7-11-17(14)20-2/h4-11,16,19H,3,12H2,1-2H3. The highest BCUT2D eigenvalue weighted by molar-refractivity contribution is 9.10. The summed E-state index contributed by atoms with van der Waals surface area (Å²) in [5.41, 5.74) is 2.50. The number of hydrogen-bond acceptors (Lipinski definition) is 2. The first kappa shape index (κ1) is 15.1. The Bertz CT molecular complexity index is 556. The highest BCUT2D eigenvalue weighted by atomic mass is 79.9. The van der Waals surface area contributed by atoms with Crippen LogP contribution in [-0.4, -0.2) is 13.7 Å². The topological polar surface area (TPSA) is 21.3 Å². The molecule has 1 N–H and O–H groups in total. The summed E-state index contributed by atoms with van der Waals surface area (Å²) in [5.74, 6) is 0.936. The Hall–Kier alpha value is -1.32. The molecule has 106 valence electrons. The van der Waals surface area contributed by atoms with Gasteiger partial charge in [-0.1, -0.05) is 59.3 Å². The molecule has 1 atom stereocenters. The van der Waals surface area contributed by atoms with Crippen molar-refractivity contribution >= 4 is 15.9 Å². The lowest BCUT2D eigenvalue weighted by atomic mass is 9.98. The van der Waals surface area contributed by atoms with E-state index in [2.05, 4.69) is 58.5 Å². The number of rotatable bonds is 6. The Morgan fingerprint density at radius 3 is 2.50 bits per heavy atom. The minimum atomic E-state index is 0.245. The van der Waals surface area contributed by atoms with Crippen LogP contribution in [-0.2, 0) is 6.42 Å². The summed E-state index contributed by atoms with van der Waals surface area (Å²) < 4.78 is 6.64. The van der Waals surface area contributed by atoms with Gasteiger partial charge in [-0.15, -0.1) is 0 Å². The summed E-state index contributed by atoms with van der Waals surface area (Å²) in [7, 11) is 1.72. The van der Waals surface area contributed by atoms with Crippen molar-refractivity contribution in [2.45, 2.75) is 19.4 Å². The Morgan fingerprint density at radius 2 is 1.80 bits per heavy atom. The van der Waals surface area contributed by atoms with Gasteiger partial charge in [0.05, 0.1) is 7.11 Å². The maximum absolute atomic E-state index is 5.49. The summed E-state index contributed by atoms with van der Waals surface area (Å²) in [6.45, 7) is 3.05. The molecule has 0 radical (unpaired) electrons. The largest absolute Gasteiger partial charge is 0.496 e. The minimum absolute atomic E-state index is 0.245. The molecule has 0 aliphatic rings. The van der Waals surface area contributed by atoms with Gasteiger partial charge < -0.3 is 10.1 Å². The summed E-state index contributed by atoms with van der Waals surface area (Å²) in [6, 6.07) is 16.8. The average Bonchev–Trinajstić information content (AvgIpc) is 2.49. The second-order valence-corrected chi connectivity index (χ2v) is 5.50. The van der Waals surface area contributed by atoms with E-state index in [1.54, 1.807) is 7.11 Å². The molecule has 2 aromatic carbocycles. The van der Waals surface area contributed by atoms with E-state index in [0.717, 1.165) is 23.2 Å². The van der Waals surface area contributed by atoms with Crippen molar-refractivity contribution in [3.63, 3.8) is 0 Å². The maximum atomic E-state index is 5.49. The molecule has 3 heteroatoms. The molecule has 2 rings (SSSR count). The molecule has 20 heavy (non-hydrogen) atoms. The van der Waals surface area contributed by atoms with E-state index in [-0.39, 0.29) is 6.04 Å². The predicted molar refractivity (Wildman–Crippen MR) is 87.3 cm³/mol. The van der Waals surface area contributed by atoms with Crippen molar-refractivity contribution in [1.29, 1.82) is 0 Å². The Balaban J connectivity index is 2.29. The molecule has 2 aromatic rings. The molecule has 0 aromatic heterocycles. The van der Waals surface area contributed by atoms with Crippen LogP contribution in [0.3, 0.4) is 0 Å². The second-order valence-electron chi connectivity index (χ2n) is 4.65. The van der Waals surface area contributed by atoms with Crippen LogP contribution < -0.4 is 10.1 Å². The fourth-order valence-corrected chi connectivity index (χ4v) is 2.82. The third-order valence-corrected chi connectivity index (χ3v) is 4.12. The van der Waals surface area contributed by atoms with Crippen molar-refractivity contribution in [2.75, 3.05) is 13.7 Å². The van der Waals surface area contributed by atoms with E-state index in [0.29, 0.717) is 0 Å². The molecule has 0 spiro atoms. The highest BCUT2D eigenvalue weighted by Gasteiger charge is 2.16. The number of hydrogen-bond donors (Lipinski definition) is 1. The van der Waals surface area contributed by atoms with Crippen LogP contribution in [0.15, 0.2) is 53.0 Å². The van der Waals surface area contributed by atoms with Gasteiger partial charge in [0, 0.05) is 16.1 Å². The van der Waals surface area contributed by atoms with Crippen LogP contribution in [0.25, 0.3) is 0 Å².